The molecule has 2 aromatic carbocycles. The number of ether oxygens (including phenoxy) is 1. The van der Waals surface area contributed by atoms with Crippen LogP contribution in [0.1, 0.15) is 18.4 Å². The molecule has 1 aliphatic heterocycles. The van der Waals surface area contributed by atoms with Crippen molar-refractivity contribution in [3.05, 3.63) is 60.2 Å². The third kappa shape index (κ3) is 4.01. The molecule has 130 valence electrons. The Morgan fingerprint density at radius 3 is 2.60 bits per heavy atom. The molecule has 1 heterocycles. The van der Waals surface area contributed by atoms with E-state index in [1.54, 1.807) is 12.1 Å². The van der Waals surface area contributed by atoms with Crippen molar-refractivity contribution in [1.82, 2.24) is 4.31 Å². The molecule has 5 nitrogen and oxygen atoms in total. The van der Waals surface area contributed by atoms with Crippen LogP contribution in [-0.2, 0) is 10.0 Å². The Bertz CT molecular complexity index is 860. The van der Waals surface area contributed by atoms with Crippen LogP contribution >= 0.6 is 0 Å². The summed E-state index contributed by atoms with van der Waals surface area (Å²) in [4.78, 5) is 0.0853. The van der Waals surface area contributed by atoms with Gasteiger partial charge in [-0.15, -0.1) is 0 Å². The van der Waals surface area contributed by atoms with Gasteiger partial charge in [0.05, 0.1) is 17.1 Å². The van der Waals surface area contributed by atoms with Crippen LogP contribution in [0.4, 0.5) is 0 Å². The monoisotopic (exact) mass is 356 g/mol. The molecule has 1 unspecified atom stereocenters. The summed E-state index contributed by atoms with van der Waals surface area (Å²) in [6.45, 7) is 1.37. The van der Waals surface area contributed by atoms with Crippen molar-refractivity contribution in [1.29, 1.82) is 5.26 Å². The highest BCUT2D eigenvalue weighted by Gasteiger charge is 2.31. The van der Waals surface area contributed by atoms with Gasteiger partial charge >= 0.3 is 0 Å². The number of hydrogen-bond donors (Lipinski definition) is 0. The van der Waals surface area contributed by atoms with E-state index in [4.69, 9.17) is 4.74 Å². The van der Waals surface area contributed by atoms with Crippen molar-refractivity contribution < 1.29 is 13.2 Å². The first-order valence-electron chi connectivity index (χ1n) is 8.28. The molecule has 0 N–H and O–H groups in total. The van der Waals surface area contributed by atoms with Gasteiger partial charge in [-0.3, -0.25) is 0 Å². The van der Waals surface area contributed by atoms with Crippen LogP contribution in [0.2, 0.25) is 0 Å². The van der Waals surface area contributed by atoms with E-state index in [-0.39, 0.29) is 16.4 Å². The molecule has 25 heavy (non-hydrogen) atoms. The zero-order chi connectivity index (χ0) is 17.7. The number of rotatable bonds is 5. The van der Waals surface area contributed by atoms with Crippen LogP contribution in [0, 0.1) is 17.2 Å². The molecule has 0 amide bonds. The van der Waals surface area contributed by atoms with Crippen molar-refractivity contribution in [3.8, 4) is 11.8 Å². The van der Waals surface area contributed by atoms with E-state index in [0.717, 1.165) is 18.6 Å². The fourth-order valence-electron chi connectivity index (χ4n) is 3.04. The van der Waals surface area contributed by atoms with Crippen LogP contribution in [0.5, 0.6) is 5.75 Å². The normalized spacial score (nSPS) is 18.4. The van der Waals surface area contributed by atoms with Crippen LogP contribution in [0.15, 0.2) is 59.5 Å². The van der Waals surface area contributed by atoms with Gasteiger partial charge in [-0.1, -0.05) is 30.3 Å². The van der Waals surface area contributed by atoms with Crippen LogP contribution in [0.3, 0.4) is 0 Å². The van der Waals surface area contributed by atoms with Crippen molar-refractivity contribution in [2.75, 3.05) is 19.7 Å². The van der Waals surface area contributed by atoms with E-state index in [0.29, 0.717) is 19.7 Å². The van der Waals surface area contributed by atoms with Gasteiger partial charge in [-0.25, -0.2) is 8.42 Å². The lowest BCUT2D eigenvalue weighted by atomic mass is 10.0. The van der Waals surface area contributed by atoms with Gasteiger partial charge in [-0.05, 0) is 37.1 Å². The Labute approximate surface area is 148 Å². The quantitative estimate of drug-likeness (QED) is 0.826. The van der Waals surface area contributed by atoms with Gasteiger partial charge in [0.15, 0.2) is 0 Å². The van der Waals surface area contributed by atoms with Gasteiger partial charge in [-0.2, -0.15) is 9.57 Å². The Morgan fingerprint density at radius 2 is 1.84 bits per heavy atom. The standard InChI is InChI=1S/C19H20N2O3S/c20-13-17-8-4-5-11-19(17)25(22,23)21-12-6-7-16(14-21)15-24-18-9-2-1-3-10-18/h1-5,8-11,16H,6-7,12,14-15H2. The number of piperidine rings is 1. The maximum absolute atomic E-state index is 12.9. The summed E-state index contributed by atoms with van der Waals surface area (Å²) in [5, 5.41) is 9.19. The molecule has 1 atom stereocenters. The second-order valence-corrected chi connectivity index (χ2v) is 8.01. The maximum atomic E-state index is 12.9. The summed E-state index contributed by atoms with van der Waals surface area (Å²) in [5.74, 6) is 0.926. The molecule has 2 aromatic rings. The molecule has 0 spiro atoms. The molecule has 1 aliphatic rings. The highest BCUT2D eigenvalue weighted by atomic mass is 32.2. The topological polar surface area (TPSA) is 70.4 Å². The molecule has 0 aliphatic carbocycles. The van der Waals surface area contributed by atoms with Crippen LogP contribution in [0.25, 0.3) is 0 Å². The Balaban J connectivity index is 1.71. The van der Waals surface area contributed by atoms with Crippen molar-refractivity contribution in [3.63, 3.8) is 0 Å². The highest BCUT2D eigenvalue weighted by molar-refractivity contribution is 7.89. The predicted molar refractivity (Wildman–Crippen MR) is 94.6 cm³/mol. The van der Waals surface area contributed by atoms with E-state index in [1.165, 1.54) is 16.4 Å². The first-order chi connectivity index (χ1) is 12.1. The minimum atomic E-state index is -3.67. The summed E-state index contributed by atoms with van der Waals surface area (Å²) in [6, 6.07) is 17.8. The number of nitriles is 1. The first-order valence-corrected chi connectivity index (χ1v) is 9.72. The Hall–Kier alpha value is -2.36. The Morgan fingerprint density at radius 1 is 1.12 bits per heavy atom. The molecule has 1 saturated heterocycles. The molecule has 0 saturated carbocycles. The Kier molecular flexibility index (Phi) is 5.37. The summed E-state index contributed by atoms with van der Waals surface area (Å²) in [6.07, 6.45) is 1.72. The van der Waals surface area contributed by atoms with Gasteiger partial charge in [0, 0.05) is 19.0 Å². The number of para-hydroxylation sites is 1. The molecule has 0 bridgehead atoms. The lowest BCUT2D eigenvalue weighted by Gasteiger charge is -2.32. The maximum Gasteiger partial charge on any atom is 0.244 e. The van der Waals surface area contributed by atoms with E-state index in [9.17, 15) is 13.7 Å². The zero-order valence-electron chi connectivity index (χ0n) is 13.8. The lowest BCUT2D eigenvalue weighted by Crippen LogP contribution is -2.41. The average Bonchev–Trinajstić information content (AvgIpc) is 2.67. The van der Waals surface area contributed by atoms with Crippen molar-refractivity contribution >= 4 is 10.0 Å². The fourth-order valence-corrected chi connectivity index (χ4v) is 4.73. The van der Waals surface area contributed by atoms with Gasteiger partial charge < -0.3 is 4.74 Å². The fraction of sp³-hybridized carbons (Fsp3) is 0.316. The van der Waals surface area contributed by atoms with Crippen molar-refractivity contribution in [2.24, 2.45) is 5.92 Å². The third-order valence-corrected chi connectivity index (χ3v) is 6.26. The number of sulfonamides is 1. The summed E-state index contributed by atoms with van der Waals surface area (Å²) in [5.41, 5.74) is 0.185. The zero-order valence-corrected chi connectivity index (χ0v) is 14.7. The smallest absolute Gasteiger partial charge is 0.244 e. The third-order valence-electron chi connectivity index (χ3n) is 4.34. The molecule has 0 aromatic heterocycles. The van der Waals surface area contributed by atoms with Crippen LogP contribution in [-0.4, -0.2) is 32.4 Å². The second kappa shape index (κ2) is 7.68. The van der Waals surface area contributed by atoms with E-state index < -0.39 is 10.0 Å². The second-order valence-electron chi connectivity index (χ2n) is 6.10. The van der Waals surface area contributed by atoms with Crippen LogP contribution < -0.4 is 4.74 Å². The minimum absolute atomic E-state index is 0.0853. The largest absolute Gasteiger partial charge is 0.493 e. The lowest BCUT2D eigenvalue weighted by molar-refractivity contribution is 0.180. The molecular formula is C19H20N2O3S. The van der Waals surface area contributed by atoms with Gasteiger partial charge in [0.25, 0.3) is 0 Å². The van der Waals surface area contributed by atoms with E-state index >= 15 is 0 Å². The minimum Gasteiger partial charge on any atom is -0.493 e. The van der Waals surface area contributed by atoms with Gasteiger partial charge in [0.2, 0.25) is 10.0 Å². The molecule has 1 fully saturated rings. The highest BCUT2D eigenvalue weighted by Crippen LogP contribution is 2.26. The van der Waals surface area contributed by atoms with Crippen molar-refractivity contribution in [2.45, 2.75) is 17.7 Å². The summed E-state index contributed by atoms with van der Waals surface area (Å²) >= 11 is 0. The number of hydrogen-bond acceptors (Lipinski definition) is 4. The molecular weight excluding hydrogens is 336 g/mol. The summed E-state index contributed by atoms with van der Waals surface area (Å²) < 4.78 is 33.1. The number of benzene rings is 2. The SMILES string of the molecule is N#Cc1ccccc1S(=O)(=O)N1CCCC(COc2ccccc2)C1. The van der Waals surface area contributed by atoms with E-state index in [2.05, 4.69) is 0 Å². The van der Waals surface area contributed by atoms with E-state index in [1.807, 2.05) is 36.4 Å². The molecule has 3 rings (SSSR count). The summed E-state index contributed by atoms with van der Waals surface area (Å²) in [7, 11) is -3.67. The first kappa shape index (κ1) is 17.5. The molecule has 0 radical (unpaired) electrons. The number of nitrogens with zero attached hydrogens (tertiary/aromatic N) is 2. The average molecular weight is 356 g/mol. The molecule has 6 heteroatoms. The van der Waals surface area contributed by atoms with Gasteiger partial charge in [0.1, 0.15) is 11.8 Å². The predicted octanol–water partition coefficient (Wildman–Crippen LogP) is 3.04.